The predicted molar refractivity (Wildman–Crippen MR) is 92.0 cm³/mol. The van der Waals surface area contributed by atoms with Gasteiger partial charge in [0.25, 0.3) is 11.8 Å². The third-order valence-electron chi connectivity index (χ3n) is 3.08. The van der Waals surface area contributed by atoms with Gasteiger partial charge in [-0.05, 0) is 23.8 Å². The summed E-state index contributed by atoms with van der Waals surface area (Å²) in [6, 6.07) is 6.67. The third kappa shape index (κ3) is 4.40. The lowest BCUT2D eigenvalue weighted by Gasteiger charge is -2.04. The number of rotatable bonds is 5. The van der Waals surface area contributed by atoms with E-state index in [4.69, 9.17) is 17.3 Å². The van der Waals surface area contributed by atoms with Crippen LogP contribution in [0.1, 0.15) is 22.3 Å². The van der Waals surface area contributed by atoms with Gasteiger partial charge in [-0.3, -0.25) is 19.3 Å². The first-order valence-electron chi connectivity index (χ1n) is 6.70. The molecule has 6 nitrogen and oxygen atoms in total. The molecule has 1 aliphatic heterocycles. The highest BCUT2D eigenvalue weighted by Crippen LogP contribution is 2.31. The van der Waals surface area contributed by atoms with Crippen LogP contribution in [-0.4, -0.2) is 45.7 Å². The van der Waals surface area contributed by atoms with E-state index >= 15 is 0 Å². The van der Waals surface area contributed by atoms with E-state index in [0.717, 1.165) is 5.56 Å². The summed E-state index contributed by atoms with van der Waals surface area (Å²) in [6.07, 6.45) is 1.59. The van der Waals surface area contributed by atoms with Gasteiger partial charge >= 0.3 is 5.97 Å². The van der Waals surface area contributed by atoms with Crippen molar-refractivity contribution < 1.29 is 19.5 Å². The zero-order valence-electron chi connectivity index (χ0n) is 12.2. The molecular formula is C15H14N2O4S2. The maximum absolute atomic E-state index is 11.9. The molecule has 1 fully saturated rings. The summed E-state index contributed by atoms with van der Waals surface area (Å²) in [7, 11) is 1.63. The molecule has 2 rings (SSSR count). The van der Waals surface area contributed by atoms with Gasteiger partial charge in [0.1, 0.15) is 4.32 Å². The van der Waals surface area contributed by atoms with Gasteiger partial charge in [-0.1, -0.05) is 36.1 Å². The van der Waals surface area contributed by atoms with E-state index in [9.17, 15) is 14.4 Å². The van der Waals surface area contributed by atoms with E-state index in [1.807, 2.05) is 0 Å². The summed E-state index contributed by atoms with van der Waals surface area (Å²) in [5, 5.41) is 11.1. The minimum absolute atomic E-state index is 0.0783. The molecule has 23 heavy (non-hydrogen) atoms. The Balaban J connectivity index is 2.02. The van der Waals surface area contributed by atoms with E-state index in [1.54, 1.807) is 37.4 Å². The molecule has 120 valence electrons. The number of aliphatic carboxylic acids is 1. The molecule has 1 aliphatic rings. The lowest BCUT2D eigenvalue weighted by molar-refractivity contribution is -0.136. The van der Waals surface area contributed by atoms with Crippen LogP contribution in [0.4, 0.5) is 0 Å². The minimum Gasteiger partial charge on any atom is -0.481 e. The lowest BCUT2D eigenvalue weighted by atomic mass is 10.1. The largest absolute Gasteiger partial charge is 0.481 e. The van der Waals surface area contributed by atoms with Gasteiger partial charge in [0.2, 0.25) is 0 Å². The molecule has 0 aromatic heterocycles. The number of likely N-dealkylation sites (N-methyl/N-ethyl adjacent to an activating group) is 1. The Morgan fingerprint density at radius 1 is 1.35 bits per heavy atom. The number of thiocarbonyl (C=S) groups is 1. The molecule has 0 spiro atoms. The summed E-state index contributed by atoms with van der Waals surface area (Å²) in [6.45, 7) is 0.0783. The Bertz CT molecular complexity index is 698. The Labute approximate surface area is 142 Å². The maximum atomic E-state index is 11.9. The van der Waals surface area contributed by atoms with Crippen LogP contribution >= 0.6 is 24.0 Å². The van der Waals surface area contributed by atoms with Gasteiger partial charge in [0, 0.05) is 19.2 Å². The summed E-state index contributed by atoms with van der Waals surface area (Å²) in [4.78, 5) is 36.1. The highest BCUT2D eigenvalue weighted by Gasteiger charge is 2.28. The Hall–Kier alpha value is -2.19. The molecule has 0 radical (unpaired) electrons. The van der Waals surface area contributed by atoms with Crippen molar-refractivity contribution >= 4 is 52.2 Å². The standard InChI is InChI=1S/C15H14N2O4S2/c1-17-14(21)11(23-15(17)22)8-9-2-4-10(5-3-9)13(20)16-7-6-12(18)19/h2-5,8H,6-7H2,1H3,(H,16,20)(H,18,19). The maximum Gasteiger partial charge on any atom is 0.305 e. The molecule has 0 aliphatic carbocycles. The quantitative estimate of drug-likeness (QED) is 0.621. The van der Waals surface area contributed by atoms with Crippen LogP contribution in [0.3, 0.4) is 0 Å². The van der Waals surface area contributed by atoms with Gasteiger partial charge in [-0.15, -0.1) is 0 Å². The fraction of sp³-hybridized carbons (Fsp3) is 0.200. The van der Waals surface area contributed by atoms with Crippen LogP contribution in [0.5, 0.6) is 0 Å². The summed E-state index contributed by atoms with van der Waals surface area (Å²) < 4.78 is 0.510. The Morgan fingerprint density at radius 3 is 2.52 bits per heavy atom. The number of nitrogens with one attached hydrogen (secondary N) is 1. The zero-order chi connectivity index (χ0) is 17.0. The molecule has 0 atom stereocenters. The number of carboxylic acid groups (broad SMARTS) is 1. The number of thioether (sulfide) groups is 1. The van der Waals surface area contributed by atoms with E-state index < -0.39 is 5.97 Å². The molecule has 1 saturated heterocycles. The number of benzene rings is 1. The summed E-state index contributed by atoms with van der Waals surface area (Å²) in [5.41, 5.74) is 1.21. The van der Waals surface area contributed by atoms with Gasteiger partial charge < -0.3 is 10.4 Å². The predicted octanol–water partition coefficient (Wildman–Crippen LogP) is 1.72. The number of carbonyl (C=O) groups is 3. The number of nitrogens with zero attached hydrogens (tertiary/aromatic N) is 1. The van der Waals surface area contributed by atoms with Crippen molar-refractivity contribution in [2.45, 2.75) is 6.42 Å². The number of hydrogen-bond acceptors (Lipinski definition) is 5. The van der Waals surface area contributed by atoms with E-state index in [-0.39, 0.29) is 24.8 Å². The van der Waals surface area contributed by atoms with Crippen LogP contribution in [0.25, 0.3) is 6.08 Å². The van der Waals surface area contributed by atoms with E-state index in [1.165, 1.54) is 16.7 Å². The molecule has 0 bridgehead atoms. The zero-order valence-corrected chi connectivity index (χ0v) is 13.9. The van der Waals surface area contributed by atoms with Crippen molar-refractivity contribution in [3.8, 4) is 0 Å². The van der Waals surface area contributed by atoms with Crippen molar-refractivity contribution in [2.24, 2.45) is 0 Å². The normalized spacial score (nSPS) is 16.0. The molecule has 2 amide bonds. The number of carboxylic acids is 1. The highest BCUT2D eigenvalue weighted by molar-refractivity contribution is 8.26. The van der Waals surface area contributed by atoms with Gasteiger partial charge in [0.05, 0.1) is 11.3 Å². The molecular weight excluding hydrogens is 336 g/mol. The monoisotopic (exact) mass is 350 g/mol. The van der Waals surface area contributed by atoms with Crippen molar-refractivity contribution in [1.82, 2.24) is 10.2 Å². The third-order valence-corrected chi connectivity index (χ3v) is 4.57. The van der Waals surface area contributed by atoms with E-state index in [0.29, 0.717) is 14.8 Å². The molecule has 1 aromatic rings. The van der Waals surface area contributed by atoms with Gasteiger partial charge in [0.15, 0.2) is 0 Å². The van der Waals surface area contributed by atoms with Crippen molar-refractivity contribution in [1.29, 1.82) is 0 Å². The fourth-order valence-corrected chi connectivity index (χ4v) is 2.99. The average Bonchev–Trinajstić information content (AvgIpc) is 2.75. The molecule has 0 unspecified atom stereocenters. The molecule has 1 aromatic carbocycles. The first-order valence-corrected chi connectivity index (χ1v) is 7.92. The highest BCUT2D eigenvalue weighted by atomic mass is 32.2. The van der Waals surface area contributed by atoms with Crippen LogP contribution in [0.15, 0.2) is 29.2 Å². The lowest BCUT2D eigenvalue weighted by Crippen LogP contribution is -2.25. The molecule has 0 saturated carbocycles. The number of hydrogen-bond donors (Lipinski definition) is 2. The van der Waals surface area contributed by atoms with E-state index in [2.05, 4.69) is 5.32 Å². The second-order valence-electron chi connectivity index (χ2n) is 4.76. The van der Waals surface area contributed by atoms with Crippen LogP contribution < -0.4 is 5.32 Å². The minimum atomic E-state index is -0.964. The average molecular weight is 350 g/mol. The van der Waals surface area contributed by atoms with Crippen molar-refractivity contribution in [2.75, 3.05) is 13.6 Å². The summed E-state index contributed by atoms with van der Waals surface area (Å²) >= 11 is 6.29. The van der Waals surface area contributed by atoms with Crippen LogP contribution in [-0.2, 0) is 9.59 Å². The second-order valence-corrected chi connectivity index (χ2v) is 6.44. The fourth-order valence-electron chi connectivity index (χ4n) is 1.81. The topological polar surface area (TPSA) is 86.7 Å². The Kier molecular flexibility index (Phi) is 5.51. The second kappa shape index (κ2) is 7.38. The molecule has 2 N–H and O–H groups in total. The number of carbonyl (C=O) groups excluding carboxylic acids is 2. The van der Waals surface area contributed by atoms with Gasteiger partial charge in [-0.2, -0.15) is 0 Å². The van der Waals surface area contributed by atoms with Crippen molar-refractivity contribution in [3.05, 3.63) is 40.3 Å². The molecule has 1 heterocycles. The van der Waals surface area contributed by atoms with Crippen LogP contribution in [0, 0.1) is 0 Å². The first-order chi connectivity index (χ1) is 10.9. The first kappa shape index (κ1) is 17.2. The smallest absolute Gasteiger partial charge is 0.305 e. The SMILES string of the molecule is CN1C(=O)C(=Cc2ccc(C(=O)NCCC(=O)O)cc2)SC1=S. The van der Waals surface area contributed by atoms with Crippen molar-refractivity contribution in [3.63, 3.8) is 0 Å². The van der Waals surface area contributed by atoms with Crippen LogP contribution in [0.2, 0.25) is 0 Å². The Morgan fingerprint density at radius 2 is 2.00 bits per heavy atom. The van der Waals surface area contributed by atoms with Gasteiger partial charge in [-0.25, -0.2) is 0 Å². The summed E-state index contributed by atoms with van der Waals surface area (Å²) in [5.74, 6) is -1.44. The molecule has 8 heteroatoms. The number of amides is 2.